The Hall–Kier alpha value is -2.28. The highest BCUT2D eigenvalue weighted by Gasteiger charge is 2.07. The zero-order valence-corrected chi connectivity index (χ0v) is 8.69. The number of fused-ring (bicyclic) bond motifs is 1. The summed E-state index contributed by atoms with van der Waals surface area (Å²) in [5.74, 6) is 0.595. The van der Waals surface area contributed by atoms with Crippen LogP contribution in [0.3, 0.4) is 0 Å². The van der Waals surface area contributed by atoms with Gasteiger partial charge in [-0.1, -0.05) is 0 Å². The molecule has 4 nitrogen and oxygen atoms in total. The maximum Gasteiger partial charge on any atom is 0.210 e. The summed E-state index contributed by atoms with van der Waals surface area (Å²) in [7, 11) is 0. The van der Waals surface area contributed by atoms with Crippen molar-refractivity contribution in [2.45, 2.75) is 6.92 Å². The van der Waals surface area contributed by atoms with Gasteiger partial charge in [-0.3, -0.25) is 4.79 Å². The Morgan fingerprint density at radius 1 is 1.50 bits per heavy atom. The van der Waals surface area contributed by atoms with Gasteiger partial charge in [-0.15, -0.1) is 0 Å². The molecule has 80 valence electrons. The van der Waals surface area contributed by atoms with Crippen LogP contribution in [0.1, 0.15) is 12.5 Å². The number of nitriles is 1. The Labute approximate surface area is 91.7 Å². The van der Waals surface area contributed by atoms with E-state index in [0.29, 0.717) is 23.3 Å². The average Bonchev–Trinajstić information content (AvgIpc) is 2.31. The summed E-state index contributed by atoms with van der Waals surface area (Å²) in [6.45, 7) is 2.38. The van der Waals surface area contributed by atoms with E-state index in [1.807, 2.05) is 6.92 Å². The number of hydrogen-bond donors (Lipinski definition) is 0. The number of nitrogens with zero attached hydrogens (tertiary/aromatic N) is 1. The predicted octanol–water partition coefficient (Wildman–Crippen LogP) is 2.06. The summed E-state index contributed by atoms with van der Waals surface area (Å²) in [6, 6.07) is 6.76. The van der Waals surface area contributed by atoms with E-state index in [0.717, 1.165) is 0 Å². The van der Waals surface area contributed by atoms with Crippen LogP contribution in [0.4, 0.5) is 0 Å². The van der Waals surface area contributed by atoms with Crippen molar-refractivity contribution in [2.75, 3.05) is 6.61 Å². The third-order valence-electron chi connectivity index (χ3n) is 2.18. The SMILES string of the molecule is CCOc1ccc2occ(C#N)c(=O)c2c1. The molecule has 0 aliphatic carbocycles. The summed E-state index contributed by atoms with van der Waals surface area (Å²) < 4.78 is 10.4. The lowest BCUT2D eigenvalue weighted by molar-refractivity contribution is 0.340. The van der Waals surface area contributed by atoms with E-state index in [4.69, 9.17) is 14.4 Å². The summed E-state index contributed by atoms with van der Waals surface area (Å²) in [5, 5.41) is 9.08. The first-order valence-corrected chi connectivity index (χ1v) is 4.84. The van der Waals surface area contributed by atoms with Gasteiger partial charge in [0.25, 0.3) is 0 Å². The van der Waals surface area contributed by atoms with Crippen LogP contribution in [0.15, 0.2) is 33.7 Å². The van der Waals surface area contributed by atoms with Gasteiger partial charge >= 0.3 is 0 Å². The van der Waals surface area contributed by atoms with E-state index >= 15 is 0 Å². The maximum absolute atomic E-state index is 11.8. The minimum atomic E-state index is -0.328. The number of ether oxygens (including phenoxy) is 1. The molecule has 1 aromatic carbocycles. The lowest BCUT2D eigenvalue weighted by atomic mass is 10.2. The van der Waals surface area contributed by atoms with E-state index in [9.17, 15) is 4.79 Å². The number of rotatable bonds is 2. The zero-order chi connectivity index (χ0) is 11.5. The largest absolute Gasteiger partial charge is 0.494 e. The van der Waals surface area contributed by atoms with Crippen LogP contribution >= 0.6 is 0 Å². The second-order valence-corrected chi connectivity index (χ2v) is 3.18. The Morgan fingerprint density at radius 2 is 2.31 bits per heavy atom. The van der Waals surface area contributed by atoms with Crippen LogP contribution in [0.25, 0.3) is 11.0 Å². The third kappa shape index (κ3) is 1.63. The second-order valence-electron chi connectivity index (χ2n) is 3.18. The predicted molar refractivity (Wildman–Crippen MR) is 58.4 cm³/mol. The highest BCUT2D eigenvalue weighted by molar-refractivity contribution is 5.79. The van der Waals surface area contributed by atoms with Crippen LogP contribution < -0.4 is 10.2 Å². The molecule has 0 unspecified atom stereocenters. The Morgan fingerprint density at radius 3 is 3.00 bits per heavy atom. The van der Waals surface area contributed by atoms with Gasteiger partial charge in [0, 0.05) is 0 Å². The monoisotopic (exact) mass is 215 g/mol. The molecule has 0 bridgehead atoms. The van der Waals surface area contributed by atoms with Crippen LogP contribution in [0.2, 0.25) is 0 Å². The quantitative estimate of drug-likeness (QED) is 0.769. The average molecular weight is 215 g/mol. The molecule has 0 aliphatic rings. The lowest BCUT2D eigenvalue weighted by Gasteiger charge is -2.03. The topological polar surface area (TPSA) is 63.2 Å². The summed E-state index contributed by atoms with van der Waals surface area (Å²) in [5.41, 5.74) is 0.124. The van der Waals surface area contributed by atoms with Crippen LogP contribution in [-0.2, 0) is 0 Å². The molecule has 1 aromatic heterocycles. The van der Waals surface area contributed by atoms with Crippen molar-refractivity contribution in [3.8, 4) is 11.8 Å². The summed E-state index contributed by atoms with van der Waals surface area (Å²) in [6.07, 6.45) is 1.17. The van der Waals surface area contributed by atoms with Crippen LogP contribution in [-0.4, -0.2) is 6.61 Å². The Bertz CT molecular complexity index is 622. The van der Waals surface area contributed by atoms with Gasteiger partial charge in [-0.25, -0.2) is 0 Å². The molecule has 0 N–H and O–H groups in total. The van der Waals surface area contributed by atoms with E-state index in [2.05, 4.69) is 0 Å². The van der Waals surface area contributed by atoms with Gasteiger partial charge in [-0.2, -0.15) is 5.26 Å². The van der Waals surface area contributed by atoms with Crippen molar-refractivity contribution >= 4 is 11.0 Å². The molecule has 0 amide bonds. The Kier molecular flexibility index (Phi) is 2.61. The van der Waals surface area contributed by atoms with Crippen molar-refractivity contribution in [1.29, 1.82) is 5.26 Å². The minimum Gasteiger partial charge on any atom is -0.494 e. The number of benzene rings is 1. The van der Waals surface area contributed by atoms with Crippen molar-refractivity contribution in [3.05, 3.63) is 40.2 Å². The van der Waals surface area contributed by atoms with Crippen molar-refractivity contribution in [1.82, 2.24) is 0 Å². The third-order valence-corrected chi connectivity index (χ3v) is 2.18. The van der Waals surface area contributed by atoms with Gasteiger partial charge in [0.15, 0.2) is 0 Å². The lowest BCUT2D eigenvalue weighted by Crippen LogP contribution is -2.05. The summed E-state index contributed by atoms with van der Waals surface area (Å²) >= 11 is 0. The molecule has 16 heavy (non-hydrogen) atoms. The highest BCUT2D eigenvalue weighted by atomic mass is 16.5. The van der Waals surface area contributed by atoms with Gasteiger partial charge in [-0.05, 0) is 25.1 Å². The smallest absolute Gasteiger partial charge is 0.210 e. The Balaban J connectivity index is 2.71. The highest BCUT2D eigenvalue weighted by Crippen LogP contribution is 2.18. The molecular weight excluding hydrogens is 206 g/mol. The minimum absolute atomic E-state index is 0.00106. The first kappa shape index (κ1) is 10.2. The molecule has 2 rings (SSSR count). The van der Waals surface area contributed by atoms with E-state index < -0.39 is 0 Å². The summed E-state index contributed by atoms with van der Waals surface area (Å²) in [4.78, 5) is 11.8. The number of hydrogen-bond acceptors (Lipinski definition) is 4. The molecular formula is C12H9NO3. The molecule has 0 saturated carbocycles. The normalized spacial score (nSPS) is 10.0. The molecule has 1 heterocycles. The van der Waals surface area contributed by atoms with Crippen LogP contribution in [0.5, 0.6) is 5.75 Å². The first-order valence-electron chi connectivity index (χ1n) is 4.84. The van der Waals surface area contributed by atoms with Crippen molar-refractivity contribution in [3.63, 3.8) is 0 Å². The van der Waals surface area contributed by atoms with Gasteiger partial charge in [0.1, 0.15) is 29.2 Å². The molecule has 0 atom stereocenters. The molecule has 0 spiro atoms. The fourth-order valence-corrected chi connectivity index (χ4v) is 1.44. The van der Waals surface area contributed by atoms with Crippen molar-refractivity contribution in [2.24, 2.45) is 0 Å². The standard InChI is InChI=1S/C12H9NO3/c1-2-15-9-3-4-11-10(5-9)12(14)8(6-13)7-16-11/h3-5,7H,2H2,1H3. The zero-order valence-electron chi connectivity index (χ0n) is 8.69. The molecule has 0 saturated heterocycles. The first-order chi connectivity index (χ1) is 7.76. The van der Waals surface area contributed by atoms with E-state index in [1.165, 1.54) is 6.26 Å². The fourth-order valence-electron chi connectivity index (χ4n) is 1.44. The molecule has 4 heteroatoms. The maximum atomic E-state index is 11.8. The van der Waals surface area contributed by atoms with Gasteiger partial charge in [0.05, 0.1) is 12.0 Å². The fraction of sp³-hybridized carbons (Fsp3) is 0.167. The van der Waals surface area contributed by atoms with Gasteiger partial charge < -0.3 is 9.15 Å². The second kappa shape index (κ2) is 4.07. The van der Waals surface area contributed by atoms with E-state index in [1.54, 1.807) is 24.3 Å². The molecule has 0 fully saturated rings. The molecule has 0 aliphatic heterocycles. The van der Waals surface area contributed by atoms with Crippen LogP contribution in [0, 0.1) is 11.3 Å². The van der Waals surface area contributed by atoms with E-state index in [-0.39, 0.29) is 11.0 Å². The molecule has 0 radical (unpaired) electrons. The van der Waals surface area contributed by atoms with Gasteiger partial charge in [0.2, 0.25) is 5.43 Å². The molecule has 2 aromatic rings. The van der Waals surface area contributed by atoms with Crippen molar-refractivity contribution < 1.29 is 9.15 Å².